The summed E-state index contributed by atoms with van der Waals surface area (Å²) < 4.78 is 63.5. The number of aliphatic hydroxyl groups excluding tert-OH is 1. The van der Waals surface area contributed by atoms with Crippen molar-refractivity contribution in [2.75, 3.05) is 33.3 Å². The summed E-state index contributed by atoms with van der Waals surface area (Å²) in [7, 11) is 2.25. The van der Waals surface area contributed by atoms with Gasteiger partial charge >= 0.3 is 24.3 Å². The molecule has 0 aromatic heterocycles. The number of alkyl halides is 6. The first-order chi connectivity index (χ1) is 15.5. The number of aliphatic hydroxyl groups is 1. The number of hydrogen-bond acceptors (Lipinski definition) is 5. The minimum atomic E-state index is -5.08. The van der Waals surface area contributed by atoms with Crippen LogP contribution in [0.2, 0.25) is 0 Å². The summed E-state index contributed by atoms with van der Waals surface area (Å²) in [6.45, 7) is 7.85. The van der Waals surface area contributed by atoms with E-state index in [4.69, 9.17) is 19.8 Å². The van der Waals surface area contributed by atoms with Crippen molar-refractivity contribution in [3.63, 3.8) is 0 Å². The number of β-amino-alcohol motifs (C(OH)–C–C–N with tert-alkyl or cyclic N) is 1. The number of carbonyl (C=O) groups is 2. The summed E-state index contributed by atoms with van der Waals surface area (Å²) in [6.07, 6.45) is -10.2. The van der Waals surface area contributed by atoms with Gasteiger partial charge < -0.3 is 20.2 Å². The smallest absolute Gasteiger partial charge is 0.475 e. The molecule has 2 aliphatic rings. The minimum Gasteiger partial charge on any atom is -0.475 e. The Morgan fingerprint density at radius 2 is 1.44 bits per heavy atom. The van der Waals surface area contributed by atoms with E-state index in [9.17, 15) is 31.4 Å². The summed E-state index contributed by atoms with van der Waals surface area (Å²) in [5.41, 5.74) is 3.07. The first kappa shape index (κ1) is 29.7. The molecule has 1 heterocycles. The zero-order valence-corrected chi connectivity index (χ0v) is 18.8. The largest absolute Gasteiger partial charge is 0.490 e. The molecule has 7 nitrogen and oxygen atoms in total. The number of likely N-dealkylation sites (tertiary alicyclic amines) is 1. The Hall–Kier alpha value is -2.38. The van der Waals surface area contributed by atoms with Gasteiger partial charge in [0.1, 0.15) is 0 Å². The number of carboxylic acids is 2. The van der Waals surface area contributed by atoms with Gasteiger partial charge in [-0.2, -0.15) is 26.3 Å². The third kappa shape index (κ3) is 7.84. The average Bonchev–Trinajstić information content (AvgIpc) is 3.23. The highest BCUT2D eigenvalue weighted by molar-refractivity contribution is 5.73. The fourth-order valence-electron chi connectivity index (χ4n) is 4.08. The van der Waals surface area contributed by atoms with E-state index in [1.54, 1.807) is 0 Å². The van der Waals surface area contributed by atoms with E-state index in [0.717, 1.165) is 19.6 Å². The van der Waals surface area contributed by atoms with Crippen molar-refractivity contribution in [3.8, 4) is 0 Å². The van der Waals surface area contributed by atoms with Crippen LogP contribution in [0.15, 0.2) is 24.3 Å². The quantitative estimate of drug-likeness (QED) is 0.543. The maximum Gasteiger partial charge on any atom is 0.490 e. The van der Waals surface area contributed by atoms with Gasteiger partial charge in [0.05, 0.1) is 6.61 Å². The van der Waals surface area contributed by atoms with Crippen LogP contribution in [-0.2, 0) is 9.59 Å². The Kier molecular flexibility index (Phi) is 10.3. The summed E-state index contributed by atoms with van der Waals surface area (Å²) >= 11 is 0. The van der Waals surface area contributed by atoms with Crippen LogP contribution in [0.25, 0.3) is 0 Å². The van der Waals surface area contributed by atoms with Gasteiger partial charge in [0.2, 0.25) is 0 Å². The molecule has 3 N–H and O–H groups in total. The number of rotatable bonds is 4. The second-order valence-electron chi connectivity index (χ2n) is 8.19. The van der Waals surface area contributed by atoms with E-state index in [0.29, 0.717) is 23.9 Å². The van der Waals surface area contributed by atoms with E-state index >= 15 is 0 Å². The van der Waals surface area contributed by atoms with Crippen LogP contribution in [0.1, 0.15) is 36.9 Å². The highest BCUT2D eigenvalue weighted by atomic mass is 19.4. The average molecular weight is 502 g/mol. The molecule has 3 atom stereocenters. The SMILES string of the molecule is CC(C)N(C)[C@H]1c2ccccc2[C@@H]2CN(CCO)C[C@@H]21.O=C(O)C(F)(F)F.O=C(O)C(F)(F)F. The van der Waals surface area contributed by atoms with E-state index in [1.165, 1.54) is 11.1 Å². The molecule has 1 aromatic rings. The molecule has 0 radical (unpaired) electrons. The zero-order valence-electron chi connectivity index (χ0n) is 18.8. The van der Waals surface area contributed by atoms with Gasteiger partial charge in [-0.3, -0.25) is 4.90 Å². The predicted molar refractivity (Wildman–Crippen MR) is 109 cm³/mol. The standard InChI is InChI=1S/C17H26N2O.2C2HF3O2/c1-12(2)18(3)17-14-7-5-4-6-13(14)15-10-19(8-9-20)11-16(15)17;2*3-2(4,5)1(6)7/h4-7,12,15-17,20H,8-11H2,1-3H3;2*(H,6,7)/t15-,16-,17-;;/m0../s1. The molecule has 0 spiro atoms. The van der Waals surface area contributed by atoms with Crippen molar-refractivity contribution in [3.05, 3.63) is 35.4 Å². The lowest BCUT2D eigenvalue weighted by Gasteiger charge is -2.33. The van der Waals surface area contributed by atoms with Crippen LogP contribution >= 0.6 is 0 Å². The highest BCUT2D eigenvalue weighted by Gasteiger charge is 2.47. The van der Waals surface area contributed by atoms with Crippen LogP contribution in [0.3, 0.4) is 0 Å². The molecule has 1 aliphatic carbocycles. The van der Waals surface area contributed by atoms with E-state index < -0.39 is 24.3 Å². The Labute approximate surface area is 192 Å². The minimum absolute atomic E-state index is 0.270. The molecule has 0 saturated carbocycles. The topological polar surface area (TPSA) is 101 Å². The molecule has 1 fully saturated rings. The number of benzene rings is 1. The third-order valence-corrected chi connectivity index (χ3v) is 5.71. The van der Waals surface area contributed by atoms with Crippen molar-refractivity contribution < 1.29 is 51.3 Å². The summed E-state index contributed by atoms with van der Waals surface area (Å²) in [4.78, 5) is 22.7. The van der Waals surface area contributed by atoms with Gasteiger partial charge in [-0.1, -0.05) is 24.3 Å². The van der Waals surface area contributed by atoms with E-state index in [-0.39, 0.29) is 6.61 Å². The Morgan fingerprint density at radius 3 is 1.82 bits per heavy atom. The molecule has 194 valence electrons. The fraction of sp³-hybridized carbons (Fsp3) is 0.619. The first-order valence-electron chi connectivity index (χ1n) is 10.3. The van der Waals surface area contributed by atoms with Gasteiger partial charge in [0.25, 0.3) is 0 Å². The lowest BCUT2D eigenvalue weighted by atomic mass is 9.93. The number of hydrogen-bond donors (Lipinski definition) is 3. The zero-order chi connectivity index (χ0) is 26.4. The van der Waals surface area contributed by atoms with Gasteiger partial charge in [-0.25, -0.2) is 9.59 Å². The van der Waals surface area contributed by atoms with Gasteiger partial charge in [-0.05, 0) is 37.9 Å². The number of aliphatic carboxylic acids is 2. The van der Waals surface area contributed by atoms with Crippen molar-refractivity contribution in [1.82, 2.24) is 9.80 Å². The summed E-state index contributed by atoms with van der Waals surface area (Å²) in [5, 5.41) is 23.4. The first-order valence-corrected chi connectivity index (χ1v) is 10.3. The van der Waals surface area contributed by atoms with Crippen molar-refractivity contribution >= 4 is 11.9 Å². The van der Waals surface area contributed by atoms with Crippen molar-refractivity contribution in [2.24, 2.45) is 5.92 Å². The van der Waals surface area contributed by atoms with Crippen LogP contribution in [0.5, 0.6) is 0 Å². The Bertz CT molecular complexity index is 807. The molecule has 13 heteroatoms. The van der Waals surface area contributed by atoms with Crippen molar-refractivity contribution in [1.29, 1.82) is 0 Å². The molecular formula is C21H28F6N2O5. The fourth-order valence-corrected chi connectivity index (χ4v) is 4.08. The lowest BCUT2D eigenvalue weighted by molar-refractivity contribution is -0.193. The molecule has 1 aliphatic heterocycles. The van der Waals surface area contributed by atoms with E-state index in [1.807, 2.05) is 0 Å². The second-order valence-corrected chi connectivity index (χ2v) is 8.19. The number of nitrogens with zero attached hydrogens (tertiary/aromatic N) is 2. The van der Waals surface area contributed by atoms with Gasteiger partial charge in [0, 0.05) is 37.6 Å². The Balaban J connectivity index is 0.000000343. The summed E-state index contributed by atoms with van der Waals surface area (Å²) in [5.74, 6) is -4.20. The molecule has 0 bridgehead atoms. The van der Waals surface area contributed by atoms with Crippen molar-refractivity contribution in [2.45, 2.75) is 44.2 Å². The lowest BCUT2D eigenvalue weighted by Crippen LogP contribution is -2.35. The molecule has 0 amide bonds. The van der Waals surface area contributed by atoms with E-state index in [2.05, 4.69) is 55.0 Å². The number of fused-ring (bicyclic) bond motifs is 3. The monoisotopic (exact) mass is 502 g/mol. The second kappa shape index (κ2) is 11.8. The molecule has 1 saturated heterocycles. The Morgan fingerprint density at radius 1 is 1.00 bits per heavy atom. The third-order valence-electron chi connectivity index (χ3n) is 5.71. The summed E-state index contributed by atoms with van der Waals surface area (Å²) in [6, 6.07) is 10.0. The van der Waals surface area contributed by atoms with Crippen LogP contribution in [0, 0.1) is 5.92 Å². The molecular weight excluding hydrogens is 474 g/mol. The molecule has 0 unspecified atom stereocenters. The highest BCUT2D eigenvalue weighted by Crippen LogP contribution is 2.51. The van der Waals surface area contributed by atoms with Crippen LogP contribution < -0.4 is 0 Å². The number of carboxylic acid groups (broad SMARTS) is 2. The molecule has 34 heavy (non-hydrogen) atoms. The predicted octanol–water partition coefficient (Wildman–Crippen LogP) is 3.36. The normalized spacial score (nSPS) is 21.8. The maximum absolute atomic E-state index is 10.6. The van der Waals surface area contributed by atoms with Crippen LogP contribution in [0.4, 0.5) is 26.3 Å². The van der Waals surface area contributed by atoms with Crippen LogP contribution in [-0.4, -0.2) is 88.7 Å². The maximum atomic E-state index is 10.6. The molecule has 3 rings (SSSR count). The van der Waals surface area contributed by atoms with Gasteiger partial charge in [-0.15, -0.1) is 0 Å². The van der Waals surface area contributed by atoms with Gasteiger partial charge in [0.15, 0.2) is 0 Å². The number of halogens is 6. The molecule has 1 aromatic carbocycles.